The lowest BCUT2D eigenvalue weighted by atomic mass is 10.1. The largest absolute Gasteiger partial charge is 0.416 e. The Labute approximate surface area is 220 Å². The first-order chi connectivity index (χ1) is 18.5. The van der Waals surface area contributed by atoms with Crippen molar-refractivity contribution in [1.29, 1.82) is 0 Å². The Kier molecular flexibility index (Phi) is 5.93. The van der Waals surface area contributed by atoms with Crippen molar-refractivity contribution in [2.75, 3.05) is 18.0 Å². The van der Waals surface area contributed by atoms with Gasteiger partial charge in [-0.2, -0.15) is 18.3 Å². The zero-order valence-electron chi connectivity index (χ0n) is 21.4. The molecule has 1 aromatic carbocycles. The maximum atomic E-state index is 15.2. The van der Waals surface area contributed by atoms with Gasteiger partial charge in [-0.3, -0.25) is 14.0 Å². The second-order valence-corrected chi connectivity index (χ2v) is 10.1. The summed E-state index contributed by atoms with van der Waals surface area (Å²) in [5.74, 6) is -0.670. The molecule has 4 aromatic rings. The van der Waals surface area contributed by atoms with Crippen LogP contribution in [0.15, 0.2) is 35.4 Å². The number of benzene rings is 1. The second-order valence-electron chi connectivity index (χ2n) is 10.1. The molecule has 2 fully saturated rings. The highest BCUT2D eigenvalue weighted by Crippen LogP contribution is 2.37. The molecule has 9 nitrogen and oxygen atoms in total. The summed E-state index contributed by atoms with van der Waals surface area (Å²) < 4.78 is 64.2. The highest BCUT2D eigenvalue weighted by Gasteiger charge is 2.34. The number of fused-ring (bicyclic) bond motifs is 1. The van der Waals surface area contributed by atoms with E-state index in [1.54, 1.807) is 13.1 Å². The molecule has 1 saturated carbocycles. The van der Waals surface area contributed by atoms with Crippen LogP contribution in [-0.2, 0) is 18.0 Å². The van der Waals surface area contributed by atoms with E-state index in [-0.39, 0.29) is 40.4 Å². The molecule has 6 rings (SSSR count). The molecule has 1 saturated heterocycles. The summed E-state index contributed by atoms with van der Waals surface area (Å²) in [5.41, 5.74) is -1.01. The van der Waals surface area contributed by atoms with Crippen LogP contribution in [0, 0.1) is 12.7 Å². The Morgan fingerprint density at radius 2 is 1.85 bits per heavy atom. The minimum absolute atomic E-state index is 0.0153. The SMILES string of the molecule is Cc1nc2c(-c3ccc(C(F)(F)F)cc3F)nc(N3CC(C)OC(c4cnn(C5CC5)c4)C3)nc2c(=O)n1C. The van der Waals surface area contributed by atoms with Crippen molar-refractivity contribution in [2.24, 2.45) is 7.05 Å². The number of alkyl halides is 3. The molecule has 39 heavy (non-hydrogen) atoms. The molecule has 0 bridgehead atoms. The third-order valence-electron chi connectivity index (χ3n) is 7.15. The number of rotatable bonds is 4. The lowest BCUT2D eigenvalue weighted by Crippen LogP contribution is -2.43. The number of nitrogens with zero attached hydrogens (tertiary/aromatic N) is 7. The summed E-state index contributed by atoms with van der Waals surface area (Å²) in [6.07, 6.45) is 0.604. The lowest BCUT2D eigenvalue weighted by Gasteiger charge is -2.36. The Bertz CT molecular complexity index is 1640. The summed E-state index contributed by atoms with van der Waals surface area (Å²) >= 11 is 0. The molecule has 204 valence electrons. The Morgan fingerprint density at radius 1 is 1.08 bits per heavy atom. The standard InChI is InChI=1S/C26H25F4N7O2/c1-13-10-36(12-20(39-13)15-9-31-37(11-15)17-5-6-17)25-33-21(18-7-4-16(8-19(18)27)26(28,29)30)22-23(34-25)24(38)35(3)14(2)32-22/h4,7-9,11,13,17,20H,5-6,10,12H2,1-3H3. The fraction of sp³-hybridized carbons (Fsp3) is 0.423. The second kappa shape index (κ2) is 9.11. The summed E-state index contributed by atoms with van der Waals surface area (Å²) in [7, 11) is 1.54. The first-order valence-corrected chi connectivity index (χ1v) is 12.6. The zero-order chi connectivity index (χ0) is 27.6. The van der Waals surface area contributed by atoms with Gasteiger partial charge in [-0.1, -0.05) is 0 Å². The predicted octanol–water partition coefficient (Wildman–Crippen LogP) is 4.35. The average molecular weight is 544 g/mol. The van der Waals surface area contributed by atoms with Gasteiger partial charge in [0, 0.05) is 30.9 Å². The van der Waals surface area contributed by atoms with Crippen LogP contribution in [0.1, 0.15) is 48.9 Å². The van der Waals surface area contributed by atoms with Crippen molar-refractivity contribution in [3.63, 3.8) is 0 Å². The van der Waals surface area contributed by atoms with Crippen molar-refractivity contribution in [3.05, 3.63) is 63.7 Å². The molecular weight excluding hydrogens is 518 g/mol. The topological polar surface area (TPSA) is 91.0 Å². The monoisotopic (exact) mass is 543 g/mol. The molecule has 4 heterocycles. The zero-order valence-corrected chi connectivity index (χ0v) is 21.4. The van der Waals surface area contributed by atoms with Gasteiger partial charge < -0.3 is 9.64 Å². The van der Waals surface area contributed by atoms with Gasteiger partial charge in [0.05, 0.1) is 30.5 Å². The van der Waals surface area contributed by atoms with Gasteiger partial charge in [-0.25, -0.2) is 19.3 Å². The van der Waals surface area contributed by atoms with Gasteiger partial charge in [0.2, 0.25) is 5.95 Å². The number of hydrogen-bond donors (Lipinski definition) is 0. The Morgan fingerprint density at radius 3 is 2.54 bits per heavy atom. The van der Waals surface area contributed by atoms with E-state index in [0.717, 1.165) is 30.5 Å². The molecule has 13 heteroatoms. The molecule has 0 N–H and O–H groups in total. The molecular formula is C26H25F4N7O2. The molecule has 0 spiro atoms. The van der Waals surface area contributed by atoms with Gasteiger partial charge in [-0.15, -0.1) is 0 Å². The molecule has 0 radical (unpaired) electrons. The quantitative estimate of drug-likeness (QED) is 0.354. The normalized spacial score (nSPS) is 20.1. The summed E-state index contributed by atoms with van der Waals surface area (Å²) in [5, 5.41) is 4.45. The molecule has 0 amide bonds. The molecule has 1 aliphatic heterocycles. The maximum Gasteiger partial charge on any atom is 0.416 e. The third-order valence-corrected chi connectivity index (χ3v) is 7.15. The molecule has 1 aliphatic carbocycles. The maximum absolute atomic E-state index is 15.2. The molecule has 2 aliphatic rings. The van der Waals surface area contributed by atoms with Crippen LogP contribution in [0.3, 0.4) is 0 Å². The van der Waals surface area contributed by atoms with Gasteiger partial charge in [0.15, 0.2) is 5.52 Å². The van der Waals surface area contributed by atoms with E-state index >= 15 is 4.39 Å². The summed E-state index contributed by atoms with van der Waals surface area (Å²) in [6.45, 7) is 4.21. The van der Waals surface area contributed by atoms with E-state index in [1.807, 2.05) is 22.7 Å². The Hall–Kier alpha value is -3.87. The predicted molar refractivity (Wildman–Crippen MR) is 134 cm³/mol. The Balaban J connectivity index is 1.47. The highest BCUT2D eigenvalue weighted by molar-refractivity contribution is 5.89. The van der Waals surface area contributed by atoms with Crippen LogP contribution in [0.25, 0.3) is 22.3 Å². The first kappa shape index (κ1) is 25.4. The van der Waals surface area contributed by atoms with Crippen LogP contribution in [0.5, 0.6) is 0 Å². The fourth-order valence-corrected chi connectivity index (χ4v) is 4.81. The van der Waals surface area contributed by atoms with Crippen LogP contribution in [0.4, 0.5) is 23.5 Å². The lowest BCUT2D eigenvalue weighted by molar-refractivity contribution is -0.137. The van der Waals surface area contributed by atoms with E-state index in [4.69, 9.17) is 4.74 Å². The number of aromatic nitrogens is 6. The number of ether oxygens (including phenoxy) is 1. The van der Waals surface area contributed by atoms with Crippen LogP contribution >= 0.6 is 0 Å². The smallest absolute Gasteiger partial charge is 0.367 e. The summed E-state index contributed by atoms with van der Waals surface area (Å²) in [4.78, 5) is 28.5. The number of anilines is 1. The minimum Gasteiger partial charge on any atom is -0.367 e. The highest BCUT2D eigenvalue weighted by atomic mass is 19.4. The van der Waals surface area contributed by atoms with Crippen molar-refractivity contribution in [1.82, 2.24) is 29.3 Å². The summed E-state index contributed by atoms with van der Waals surface area (Å²) in [6, 6.07) is 2.62. The number of morpholine rings is 1. The number of halogens is 4. The average Bonchev–Trinajstić information content (AvgIpc) is 3.62. The van der Waals surface area contributed by atoms with Crippen molar-refractivity contribution >= 4 is 17.0 Å². The van der Waals surface area contributed by atoms with E-state index in [0.29, 0.717) is 31.0 Å². The molecule has 2 unspecified atom stereocenters. The van der Waals surface area contributed by atoms with Gasteiger partial charge in [-0.05, 0) is 44.9 Å². The van der Waals surface area contributed by atoms with Gasteiger partial charge in [0.1, 0.15) is 29.0 Å². The van der Waals surface area contributed by atoms with Crippen LogP contribution in [0.2, 0.25) is 0 Å². The molecule has 2 atom stereocenters. The fourth-order valence-electron chi connectivity index (χ4n) is 4.81. The van der Waals surface area contributed by atoms with E-state index in [2.05, 4.69) is 20.1 Å². The van der Waals surface area contributed by atoms with Crippen LogP contribution < -0.4 is 10.5 Å². The third kappa shape index (κ3) is 4.64. The van der Waals surface area contributed by atoms with E-state index in [1.165, 1.54) is 11.6 Å². The van der Waals surface area contributed by atoms with Gasteiger partial charge >= 0.3 is 6.18 Å². The van der Waals surface area contributed by atoms with Crippen LogP contribution in [-0.4, -0.2) is 48.5 Å². The van der Waals surface area contributed by atoms with Gasteiger partial charge in [0.25, 0.3) is 5.56 Å². The molecule has 3 aromatic heterocycles. The van der Waals surface area contributed by atoms with Crippen molar-refractivity contribution in [2.45, 2.75) is 51.1 Å². The number of hydrogen-bond acceptors (Lipinski definition) is 7. The van der Waals surface area contributed by atoms with E-state index in [9.17, 15) is 18.0 Å². The van der Waals surface area contributed by atoms with E-state index < -0.39 is 23.1 Å². The first-order valence-electron chi connectivity index (χ1n) is 12.6. The number of aryl methyl sites for hydroxylation is 1. The minimum atomic E-state index is -4.71. The van der Waals surface area contributed by atoms with Crippen molar-refractivity contribution < 1.29 is 22.3 Å². The van der Waals surface area contributed by atoms with Crippen molar-refractivity contribution in [3.8, 4) is 11.3 Å².